The van der Waals surface area contributed by atoms with Crippen LogP contribution in [0.4, 0.5) is 5.69 Å². The van der Waals surface area contributed by atoms with Gasteiger partial charge in [0.25, 0.3) is 0 Å². The highest BCUT2D eigenvalue weighted by Gasteiger charge is 2.14. The zero-order valence-corrected chi connectivity index (χ0v) is 9.64. The number of benzene rings is 1. The topological polar surface area (TPSA) is 12.0 Å². The number of rotatable bonds is 2. The van der Waals surface area contributed by atoms with Gasteiger partial charge in [0.05, 0.1) is 0 Å². The minimum atomic E-state index is 0.571. The molecule has 1 aromatic carbocycles. The van der Waals surface area contributed by atoms with Crippen LogP contribution in [0.25, 0.3) is 0 Å². The van der Waals surface area contributed by atoms with Crippen molar-refractivity contribution >= 4 is 5.69 Å². The van der Waals surface area contributed by atoms with Crippen molar-refractivity contribution in [3.05, 3.63) is 78.1 Å². The van der Waals surface area contributed by atoms with Gasteiger partial charge in [0, 0.05) is 17.3 Å². The molecule has 3 rings (SSSR count). The van der Waals surface area contributed by atoms with Crippen LogP contribution in [-0.2, 0) is 0 Å². The first kappa shape index (κ1) is 10.2. The second-order valence-electron chi connectivity index (χ2n) is 4.38. The molecule has 0 spiro atoms. The quantitative estimate of drug-likeness (QED) is 0.794. The fourth-order valence-corrected chi connectivity index (χ4v) is 2.24. The fourth-order valence-electron chi connectivity index (χ4n) is 2.24. The number of fused-ring (bicyclic) bond motifs is 1. The Balaban J connectivity index is 1.78. The summed E-state index contributed by atoms with van der Waals surface area (Å²) in [6.07, 6.45) is 14.3. The molecule has 2 aliphatic rings. The third-order valence-corrected chi connectivity index (χ3v) is 3.15. The van der Waals surface area contributed by atoms with Gasteiger partial charge >= 0.3 is 0 Å². The molecule has 0 saturated heterocycles. The van der Waals surface area contributed by atoms with Gasteiger partial charge in [0.2, 0.25) is 0 Å². The van der Waals surface area contributed by atoms with E-state index in [1.54, 1.807) is 0 Å². The maximum atomic E-state index is 3.44. The van der Waals surface area contributed by atoms with Crippen LogP contribution in [0.15, 0.2) is 78.1 Å². The summed E-state index contributed by atoms with van der Waals surface area (Å²) in [5.41, 5.74) is 3.74. The molecule has 0 aromatic heterocycles. The predicted octanol–water partition coefficient (Wildman–Crippen LogP) is 4.05. The molecule has 17 heavy (non-hydrogen) atoms. The molecule has 1 N–H and O–H groups in total. The van der Waals surface area contributed by atoms with Crippen LogP contribution in [0.2, 0.25) is 0 Å². The van der Waals surface area contributed by atoms with Gasteiger partial charge < -0.3 is 5.32 Å². The monoisotopic (exact) mass is 221 g/mol. The summed E-state index contributed by atoms with van der Waals surface area (Å²) >= 11 is 0. The number of anilines is 1. The molecule has 1 atom stereocenters. The van der Waals surface area contributed by atoms with E-state index in [4.69, 9.17) is 0 Å². The van der Waals surface area contributed by atoms with Gasteiger partial charge in [0.15, 0.2) is 0 Å². The van der Waals surface area contributed by atoms with Crippen molar-refractivity contribution in [1.29, 1.82) is 0 Å². The zero-order valence-electron chi connectivity index (χ0n) is 9.64. The van der Waals surface area contributed by atoms with Crippen LogP contribution in [0.1, 0.15) is 6.42 Å². The fraction of sp³-hybridized carbons (Fsp3) is 0.125. The first-order valence-corrected chi connectivity index (χ1v) is 6.00. The smallest absolute Gasteiger partial charge is 0.0384 e. The van der Waals surface area contributed by atoms with Gasteiger partial charge in [-0.2, -0.15) is 0 Å². The van der Waals surface area contributed by atoms with Crippen molar-refractivity contribution < 1.29 is 0 Å². The standard InChI is InChI=1S/C16H15N/c1-2-8-15(9-3-1)17-16-11-10-13-6-4-5-7-14(13)12-16/h1-9,11-13,17H,10H2. The van der Waals surface area contributed by atoms with E-state index in [-0.39, 0.29) is 0 Å². The molecule has 0 bridgehead atoms. The minimum Gasteiger partial charge on any atom is -0.356 e. The summed E-state index contributed by atoms with van der Waals surface area (Å²) in [5.74, 6) is 0.571. The van der Waals surface area contributed by atoms with Crippen molar-refractivity contribution in [2.75, 3.05) is 5.32 Å². The summed E-state index contributed by atoms with van der Waals surface area (Å²) in [6.45, 7) is 0. The molecule has 1 nitrogen and oxygen atoms in total. The SMILES string of the molecule is C1=CC2=CC(Nc3ccccc3)=CCC2C=C1. The Morgan fingerprint density at radius 1 is 1.06 bits per heavy atom. The highest BCUT2D eigenvalue weighted by molar-refractivity contribution is 5.53. The Bertz CT molecular complexity index is 518. The van der Waals surface area contributed by atoms with E-state index in [0.29, 0.717) is 5.92 Å². The molecule has 0 saturated carbocycles. The van der Waals surface area contributed by atoms with E-state index in [2.05, 4.69) is 53.9 Å². The Hall–Kier alpha value is -2.02. The predicted molar refractivity (Wildman–Crippen MR) is 72.6 cm³/mol. The number of nitrogens with one attached hydrogen (secondary N) is 1. The Morgan fingerprint density at radius 3 is 2.82 bits per heavy atom. The Labute approximate surface area is 102 Å². The lowest BCUT2D eigenvalue weighted by Crippen LogP contribution is -2.09. The third kappa shape index (κ3) is 2.23. The molecule has 0 aliphatic heterocycles. The molecule has 1 aromatic rings. The largest absolute Gasteiger partial charge is 0.356 e. The van der Waals surface area contributed by atoms with Gasteiger partial charge in [-0.05, 0) is 30.2 Å². The van der Waals surface area contributed by atoms with E-state index in [1.807, 2.05) is 18.2 Å². The molecule has 0 fully saturated rings. The summed E-state index contributed by atoms with van der Waals surface area (Å²) in [7, 11) is 0. The van der Waals surface area contributed by atoms with Gasteiger partial charge in [-0.3, -0.25) is 0 Å². The van der Waals surface area contributed by atoms with Crippen LogP contribution in [0.5, 0.6) is 0 Å². The third-order valence-electron chi connectivity index (χ3n) is 3.15. The average Bonchev–Trinajstić information content (AvgIpc) is 2.40. The minimum absolute atomic E-state index is 0.571. The van der Waals surface area contributed by atoms with Gasteiger partial charge in [-0.15, -0.1) is 0 Å². The van der Waals surface area contributed by atoms with Crippen molar-refractivity contribution in [3.8, 4) is 0 Å². The summed E-state index contributed by atoms with van der Waals surface area (Å²) in [6, 6.07) is 10.3. The van der Waals surface area contributed by atoms with Gasteiger partial charge in [-0.1, -0.05) is 48.6 Å². The first-order chi connectivity index (χ1) is 8.42. The molecule has 84 valence electrons. The summed E-state index contributed by atoms with van der Waals surface area (Å²) in [5, 5.41) is 3.44. The second-order valence-corrected chi connectivity index (χ2v) is 4.38. The maximum Gasteiger partial charge on any atom is 0.0384 e. The molecule has 0 heterocycles. The van der Waals surface area contributed by atoms with Gasteiger partial charge in [0.1, 0.15) is 0 Å². The Kier molecular flexibility index (Phi) is 2.66. The normalized spacial score (nSPS) is 21.5. The van der Waals surface area contributed by atoms with E-state index in [0.717, 1.165) is 12.1 Å². The van der Waals surface area contributed by atoms with E-state index >= 15 is 0 Å². The van der Waals surface area contributed by atoms with Crippen LogP contribution in [-0.4, -0.2) is 0 Å². The highest BCUT2D eigenvalue weighted by Crippen LogP contribution is 2.28. The lowest BCUT2D eigenvalue weighted by atomic mass is 9.87. The second kappa shape index (κ2) is 4.46. The van der Waals surface area contributed by atoms with Crippen LogP contribution in [0, 0.1) is 5.92 Å². The maximum absolute atomic E-state index is 3.44. The lowest BCUT2D eigenvalue weighted by molar-refractivity contribution is 0.773. The molecular weight excluding hydrogens is 206 g/mol. The molecule has 0 amide bonds. The van der Waals surface area contributed by atoms with Crippen LogP contribution in [0.3, 0.4) is 0 Å². The molecule has 0 radical (unpaired) electrons. The van der Waals surface area contributed by atoms with E-state index < -0.39 is 0 Å². The zero-order chi connectivity index (χ0) is 11.5. The molecule has 1 heteroatoms. The summed E-state index contributed by atoms with van der Waals surface area (Å²) < 4.78 is 0. The summed E-state index contributed by atoms with van der Waals surface area (Å²) in [4.78, 5) is 0. The molecular formula is C16H15N. The number of para-hydroxylation sites is 1. The van der Waals surface area contributed by atoms with Gasteiger partial charge in [-0.25, -0.2) is 0 Å². The van der Waals surface area contributed by atoms with Crippen LogP contribution >= 0.6 is 0 Å². The Morgan fingerprint density at radius 2 is 1.94 bits per heavy atom. The van der Waals surface area contributed by atoms with Crippen molar-refractivity contribution in [2.45, 2.75) is 6.42 Å². The highest BCUT2D eigenvalue weighted by atomic mass is 14.9. The average molecular weight is 221 g/mol. The molecule has 1 unspecified atom stereocenters. The first-order valence-electron chi connectivity index (χ1n) is 6.00. The van der Waals surface area contributed by atoms with Crippen molar-refractivity contribution in [3.63, 3.8) is 0 Å². The van der Waals surface area contributed by atoms with Crippen molar-refractivity contribution in [2.24, 2.45) is 5.92 Å². The van der Waals surface area contributed by atoms with E-state index in [1.165, 1.54) is 11.3 Å². The molecule has 2 aliphatic carbocycles. The lowest BCUT2D eigenvalue weighted by Gasteiger charge is -2.21. The van der Waals surface area contributed by atoms with Crippen LogP contribution < -0.4 is 5.32 Å². The number of hydrogen-bond donors (Lipinski definition) is 1. The van der Waals surface area contributed by atoms with Crippen molar-refractivity contribution in [1.82, 2.24) is 0 Å². The number of allylic oxidation sites excluding steroid dienone is 7. The van der Waals surface area contributed by atoms with E-state index in [9.17, 15) is 0 Å². The number of hydrogen-bond acceptors (Lipinski definition) is 1.